The molecule has 90 valence electrons. The van der Waals surface area contributed by atoms with Crippen molar-refractivity contribution >= 4 is 5.97 Å². The third-order valence-electron chi connectivity index (χ3n) is 3.66. The van der Waals surface area contributed by atoms with Gasteiger partial charge in [-0.05, 0) is 18.1 Å². The summed E-state index contributed by atoms with van der Waals surface area (Å²) in [4.78, 5) is 11.6. The van der Waals surface area contributed by atoms with Crippen molar-refractivity contribution in [3.8, 4) is 0 Å². The number of hydrogen-bond donors (Lipinski definition) is 1. The molecular formula is C12H11F2NO2. The molecule has 1 aromatic carbocycles. The Bertz CT molecular complexity index is 517. The number of ether oxygens (including phenoxy) is 1. The van der Waals surface area contributed by atoms with Gasteiger partial charge in [-0.2, -0.15) is 0 Å². The summed E-state index contributed by atoms with van der Waals surface area (Å²) in [7, 11) is 1.32. The number of rotatable bonds is 1. The van der Waals surface area contributed by atoms with Gasteiger partial charge in [0.1, 0.15) is 17.2 Å². The van der Waals surface area contributed by atoms with E-state index in [0.717, 1.165) is 6.07 Å². The third kappa shape index (κ3) is 1.32. The van der Waals surface area contributed by atoms with E-state index in [1.54, 1.807) is 0 Å². The number of halogens is 2. The third-order valence-corrected chi connectivity index (χ3v) is 3.66. The average molecular weight is 239 g/mol. The Hall–Kier alpha value is -1.49. The lowest BCUT2D eigenvalue weighted by atomic mass is 9.95. The Morgan fingerprint density at radius 3 is 3.00 bits per heavy atom. The maximum atomic E-state index is 13.5. The number of benzene rings is 1. The van der Waals surface area contributed by atoms with Gasteiger partial charge in [0.05, 0.1) is 7.11 Å². The van der Waals surface area contributed by atoms with Crippen LogP contribution in [0.5, 0.6) is 0 Å². The first-order chi connectivity index (χ1) is 8.08. The second-order valence-electron chi connectivity index (χ2n) is 4.53. The van der Waals surface area contributed by atoms with Crippen LogP contribution in [0.15, 0.2) is 12.1 Å². The van der Waals surface area contributed by atoms with Crippen molar-refractivity contribution in [2.45, 2.75) is 24.4 Å². The predicted octanol–water partition coefficient (Wildman–Crippen LogP) is 1.47. The lowest BCUT2D eigenvalue weighted by Crippen LogP contribution is -2.44. The SMILES string of the molecule is COC(=O)[C@@]12C[C@@H]1c1cc(F)cc(F)c1CN2. The molecule has 3 rings (SSSR count). The molecule has 1 N–H and O–H groups in total. The molecule has 1 aliphatic heterocycles. The summed E-state index contributed by atoms with van der Waals surface area (Å²) in [6, 6.07) is 2.18. The van der Waals surface area contributed by atoms with Crippen LogP contribution in [0.1, 0.15) is 23.5 Å². The molecule has 1 aromatic rings. The van der Waals surface area contributed by atoms with Crippen molar-refractivity contribution in [1.29, 1.82) is 0 Å². The molecule has 1 fully saturated rings. The minimum atomic E-state index is -0.762. The van der Waals surface area contributed by atoms with E-state index in [4.69, 9.17) is 4.74 Å². The van der Waals surface area contributed by atoms with Crippen LogP contribution >= 0.6 is 0 Å². The van der Waals surface area contributed by atoms with Crippen molar-refractivity contribution in [2.24, 2.45) is 0 Å². The largest absolute Gasteiger partial charge is 0.468 e. The van der Waals surface area contributed by atoms with Crippen LogP contribution in [0.4, 0.5) is 8.78 Å². The van der Waals surface area contributed by atoms with Crippen LogP contribution in [0.3, 0.4) is 0 Å². The Kier molecular flexibility index (Phi) is 2.04. The zero-order chi connectivity index (χ0) is 12.2. The minimum absolute atomic E-state index is 0.177. The average Bonchev–Trinajstić information content (AvgIpc) is 3.04. The standard InChI is InChI=1S/C12H11F2NO2/c1-17-11(16)12-4-9(12)7-2-6(13)3-10(14)8(7)5-15-12/h2-3,9,15H,4-5H2,1H3/t9-,12-/m1/s1. The fraction of sp³-hybridized carbons (Fsp3) is 0.417. The van der Waals surface area contributed by atoms with Crippen LogP contribution in [0.2, 0.25) is 0 Å². The second-order valence-corrected chi connectivity index (χ2v) is 4.53. The van der Waals surface area contributed by atoms with Crippen LogP contribution in [-0.4, -0.2) is 18.6 Å². The van der Waals surface area contributed by atoms with Gasteiger partial charge in [0.2, 0.25) is 0 Å². The number of carbonyl (C=O) groups excluding carboxylic acids is 1. The zero-order valence-electron chi connectivity index (χ0n) is 9.22. The van der Waals surface area contributed by atoms with Crippen LogP contribution in [0.25, 0.3) is 0 Å². The van der Waals surface area contributed by atoms with Crippen molar-refractivity contribution in [3.05, 3.63) is 34.9 Å². The molecule has 1 aliphatic carbocycles. The van der Waals surface area contributed by atoms with Gasteiger partial charge in [-0.1, -0.05) is 0 Å². The number of nitrogens with one attached hydrogen (secondary N) is 1. The molecule has 0 amide bonds. The van der Waals surface area contributed by atoms with E-state index in [1.165, 1.54) is 13.2 Å². The molecule has 2 aliphatic rings. The molecule has 0 aromatic heterocycles. The highest BCUT2D eigenvalue weighted by Gasteiger charge is 2.64. The Morgan fingerprint density at radius 1 is 1.53 bits per heavy atom. The number of hydrogen-bond acceptors (Lipinski definition) is 3. The van der Waals surface area contributed by atoms with Gasteiger partial charge in [0, 0.05) is 24.1 Å². The lowest BCUT2D eigenvalue weighted by Gasteiger charge is -2.24. The van der Waals surface area contributed by atoms with Crippen molar-refractivity contribution < 1.29 is 18.3 Å². The molecular weight excluding hydrogens is 228 g/mol. The highest BCUT2D eigenvalue weighted by molar-refractivity contribution is 5.87. The first-order valence-electron chi connectivity index (χ1n) is 5.40. The summed E-state index contributed by atoms with van der Waals surface area (Å²) in [6.07, 6.45) is 0.537. The van der Waals surface area contributed by atoms with Gasteiger partial charge < -0.3 is 4.74 Å². The maximum absolute atomic E-state index is 13.5. The van der Waals surface area contributed by atoms with Gasteiger partial charge in [-0.3, -0.25) is 10.1 Å². The normalized spacial score (nSPS) is 29.2. The number of methoxy groups -OCH3 is 1. The van der Waals surface area contributed by atoms with E-state index >= 15 is 0 Å². The first-order valence-corrected chi connectivity index (χ1v) is 5.40. The molecule has 0 bridgehead atoms. The van der Waals surface area contributed by atoms with E-state index in [1.807, 2.05) is 0 Å². The molecule has 17 heavy (non-hydrogen) atoms. The second kappa shape index (κ2) is 3.26. The van der Waals surface area contributed by atoms with Gasteiger partial charge in [-0.25, -0.2) is 8.78 Å². The molecule has 0 radical (unpaired) electrons. The monoisotopic (exact) mass is 239 g/mol. The topological polar surface area (TPSA) is 38.3 Å². The first kappa shape index (κ1) is 10.7. The smallest absolute Gasteiger partial charge is 0.326 e. The summed E-state index contributed by atoms with van der Waals surface area (Å²) in [5.41, 5.74) is 0.280. The molecule has 1 saturated carbocycles. The van der Waals surface area contributed by atoms with E-state index in [-0.39, 0.29) is 18.4 Å². The molecule has 2 atom stereocenters. The zero-order valence-corrected chi connectivity index (χ0v) is 9.22. The predicted molar refractivity (Wildman–Crippen MR) is 55.3 cm³/mol. The minimum Gasteiger partial charge on any atom is -0.468 e. The number of fused-ring (bicyclic) bond motifs is 3. The van der Waals surface area contributed by atoms with E-state index in [9.17, 15) is 13.6 Å². The van der Waals surface area contributed by atoms with Crippen LogP contribution in [0, 0.1) is 11.6 Å². The van der Waals surface area contributed by atoms with E-state index < -0.39 is 17.2 Å². The van der Waals surface area contributed by atoms with Gasteiger partial charge in [0.25, 0.3) is 0 Å². The van der Waals surface area contributed by atoms with Crippen molar-refractivity contribution in [2.75, 3.05) is 7.11 Å². The number of carbonyl (C=O) groups is 1. The molecule has 0 saturated heterocycles. The van der Waals surface area contributed by atoms with Gasteiger partial charge >= 0.3 is 5.97 Å². The fourth-order valence-electron chi connectivity index (χ4n) is 2.68. The molecule has 0 unspecified atom stereocenters. The summed E-state index contributed by atoms with van der Waals surface area (Å²) >= 11 is 0. The quantitative estimate of drug-likeness (QED) is 0.754. The van der Waals surface area contributed by atoms with E-state index in [2.05, 4.69) is 5.32 Å². The fourth-order valence-corrected chi connectivity index (χ4v) is 2.68. The van der Waals surface area contributed by atoms with Crippen LogP contribution in [-0.2, 0) is 16.1 Å². The summed E-state index contributed by atoms with van der Waals surface area (Å²) in [5, 5.41) is 3.00. The summed E-state index contributed by atoms with van der Waals surface area (Å²) < 4.78 is 31.4. The highest BCUT2D eigenvalue weighted by atomic mass is 19.1. The number of esters is 1. The van der Waals surface area contributed by atoms with Gasteiger partial charge in [0.15, 0.2) is 0 Å². The van der Waals surface area contributed by atoms with E-state index in [0.29, 0.717) is 17.5 Å². The highest BCUT2D eigenvalue weighted by Crippen LogP contribution is 2.55. The Balaban J connectivity index is 2.04. The summed E-state index contributed by atoms with van der Waals surface area (Å²) in [6.45, 7) is 0.229. The lowest BCUT2D eigenvalue weighted by molar-refractivity contribution is -0.144. The van der Waals surface area contributed by atoms with Crippen LogP contribution < -0.4 is 5.32 Å². The molecule has 5 heteroatoms. The molecule has 0 spiro atoms. The molecule has 1 heterocycles. The van der Waals surface area contributed by atoms with Gasteiger partial charge in [-0.15, -0.1) is 0 Å². The maximum Gasteiger partial charge on any atom is 0.326 e. The van der Waals surface area contributed by atoms with Crippen molar-refractivity contribution in [3.63, 3.8) is 0 Å². The Labute approximate surface area is 96.8 Å². The summed E-state index contributed by atoms with van der Waals surface area (Å²) in [5.74, 6) is -1.70. The Morgan fingerprint density at radius 2 is 2.29 bits per heavy atom. The van der Waals surface area contributed by atoms with Crippen molar-refractivity contribution in [1.82, 2.24) is 5.32 Å². The molecule has 3 nitrogen and oxygen atoms in total.